The number of hydrogen-bond acceptors (Lipinski definition) is 6. The monoisotopic (exact) mass is 331 g/mol. The fourth-order valence-electron chi connectivity index (χ4n) is 2.25. The summed E-state index contributed by atoms with van der Waals surface area (Å²) in [4.78, 5) is 35.6. The van der Waals surface area contributed by atoms with E-state index in [1.54, 1.807) is 12.3 Å². The zero-order valence-electron chi connectivity index (χ0n) is 12.9. The highest BCUT2D eigenvalue weighted by molar-refractivity contribution is 7.16. The summed E-state index contributed by atoms with van der Waals surface area (Å²) in [5.74, 6) is -1.16. The number of hydrogen-bond donors (Lipinski definition) is 2. The quantitative estimate of drug-likeness (QED) is 0.813. The van der Waals surface area contributed by atoms with Crippen LogP contribution in [0.1, 0.15) is 16.1 Å². The summed E-state index contributed by atoms with van der Waals surface area (Å²) < 4.78 is 0. The Morgan fingerprint density at radius 1 is 1.26 bits per heavy atom. The van der Waals surface area contributed by atoms with Crippen molar-refractivity contribution in [1.82, 2.24) is 14.9 Å². The summed E-state index contributed by atoms with van der Waals surface area (Å²) in [7, 11) is 2.04. The molecule has 2 aromatic rings. The zero-order chi connectivity index (χ0) is 16.4. The van der Waals surface area contributed by atoms with Gasteiger partial charge >= 0.3 is 11.8 Å². The number of fused-ring (bicyclic) bond motifs is 1. The van der Waals surface area contributed by atoms with Gasteiger partial charge in [0.25, 0.3) is 0 Å². The molecule has 0 unspecified atom stereocenters. The average molecular weight is 331 g/mol. The van der Waals surface area contributed by atoms with Crippen molar-refractivity contribution in [2.24, 2.45) is 0 Å². The lowest BCUT2D eigenvalue weighted by Crippen LogP contribution is -2.29. The maximum atomic E-state index is 12.0. The highest BCUT2D eigenvalue weighted by Crippen LogP contribution is 2.27. The van der Waals surface area contributed by atoms with Gasteiger partial charge in [0.15, 0.2) is 5.13 Å². The van der Waals surface area contributed by atoms with Crippen LogP contribution in [0.5, 0.6) is 0 Å². The number of nitrogens with one attached hydrogen (secondary N) is 2. The van der Waals surface area contributed by atoms with E-state index in [1.807, 2.05) is 20.0 Å². The Bertz CT molecular complexity index is 741. The fourth-order valence-corrected chi connectivity index (χ4v) is 3.33. The first-order valence-corrected chi connectivity index (χ1v) is 8.05. The van der Waals surface area contributed by atoms with Crippen LogP contribution < -0.4 is 10.6 Å². The number of amides is 2. The molecule has 8 heteroatoms. The van der Waals surface area contributed by atoms with Crippen molar-refractivity contribution in [2.75, 3.05) is 24.2 Å². The Labute approximate surface area is 137 Å². The van der Waals surface area contributed by atoms with Crippen molar-refractivity contribution in [1.29, 1.82) is 0 Å². The highest BCUT2D eigenvalue weighted by Gasteiger charge is 2.21. The molecule has 2 N–H and O–H groups in total. The van der Waals surface area contributed by atoms with Crippen LogP contribution in [0.4, 0.5) is 10.9 Å². The third-order valence-corrected chi connectivity index (χ3v) is 4.50. The Morgan fingerprint density at radius 3 is 2.78 bits per heavy atom. The number of thiazole rings is 1. The lowest BCUT2D eigenvalue weighted by atomic mass is 10.2. The van der Waals surface area contributed by atoms with E-state index in [-0.39, 0.29) is 0 Å². The third-order valence-electron chi connectivity index (χ3n) is 3.50. The predicted molar refractivity (Wildman–Crippen MR) is 88.4 cm³/mol. The Hall–Kier alpha value is -2.32. The maximum absolute atomic E-state index is 12.0. The van der Waals surface area contributed by atoms with Crippen molar-refractivity contribution in [3.05, 3.63) is 34.5 Å². The number of aromatic nitrogens is 2. The summed E-state index contributed by atoms with van der Waals surface area (Å²) >= 11 is 1.41. The predicted octanol–water partition coefficient (Wildman–Crippen LogP) is 1.41. The molecule has 0 spiro atoms. The topological polar surface area (TPSA) is 87.2 Å². The van der Waals surface area contributed by atoms with Crippen molar-refractivity contribution >= 4 is 34.1 Å². The summed E-state index contributed by atoms with van der Waals surface area (Å²) in [6.07, 6.45) is 2.48. The molecule has 23 heavy (non-hydrogen) atoms. The van der Waals surface area contributed by atoms with Crippen molar-refractivity contribution < 1.29 is 9.59 Å². The summed E-state index contributed by atoms with van der Waals surface area (Å²) in [5.41, 5.74) is 1.98. The summed E-state index contributed by atoms with van der Waals surface area (Å²) in [6.45, 7) is 3.67. The summed E-state index contributed by atoms with van der Waals surface area (Å²) in [6, 6.07) is 3.46. The molecule has 2 amide bonds. The number of likely N-dealkylation sites (N-methyl/N-ethyl adjacent to an activating group) is 1. The Balaban J connectivity index is 1.62. The van der Waals surface area contributed by atoms with E-state index in [4.69, 9.17) is 0 Å². The molecule has 7 nitrogen and oxygen atoms in total. The van der Waals surface area contributed by atoms with Crippen LogP contribution in [0, 0.1) is 6.92 Å². The lowest BCUT2D eigenvalue weighted by molar-refractivity contribution is -0.133. The van der Waals surface area contributed by atoms with Gasteiger partial charge in [-0.25, -0.2) is 9.97 Å². The van der Waals surface area contributed by atoms with Gasteiger partial charge in [-0.1, -0.05) is 6.07 Å². The van der Waals surface area contributed by atoms with Crippen LogP contribution in [-0.2, 0) is 22.6 Å². The van der Waals surface area contributed by atoms with Gasteiger partial charge in [-0.05, 0) is 25.6 Å². The molecule has 3 rings (SSSR count). The molecule has 120 valence electrons. The fraction of sp³-hybridized carbons (Fsp3) is 0.333. The Kier molecular flexibility index (Phi) is 4.35. The van der Waals surface area contributed by atoms with Crippen LogP contribution in [0.2, 0.25) is 0 Å². The van der Waals surface area contributed by atoms with E-state index < -0.39 is 11.8 Å². The number of carbonyl (C=O) groups is 2. The third kappa shape index (κ3) is 3.72. The van der Waals surface area contributed by atoms with Crippen molar-refractivity contribution in [3.63, 3.8) is 0 Å². The van der Waals surface area contributed by atoms with E-state index in [0.29, 0.717) is 10.9 Å². The van der Waals surface area contributed by atoms with Crippen LogP contribution in [0.25, 0.3) is 0 Å². The van der Waals surface area contributed by atoms with Crippen molar-refractivity contribution in [3.8, 4) is 0 Å². The molecule has 0 saturated heterocycles. The van der Waals surface area contributed by atoms with E-state index in [1.165, 1.54) is 11.3 Å². The molecule has 0 bridgehead atoms. The molecule has 2 aromatic heterocycles. The number of aryl methyl sites for hydroxylation is 1. The van der Waals surface area contributed by atoms with E-state index in [2.05, 4.69) is 25.5 Å². The van der Waals surface area contributed by atoms with Gasteiger partial charge in [0.1, 0.15) is 5.82 Å². The second-order valence-corrected chi connectivity index (χ2v) is 6.59. The molecule has 3 heterocycles. The first-order valence-electron chi connectivity index (χ1n) is 7.23. The number of rotatable bonds is 2. The lowest BCUT2D eigenvalue weighted by Gasteiger charge is -2.20. The van der Waals surface area contributed by atoms with Crippen LogP contribution in [-0.4, -0.2) is 40.3 Å². The van der Waals surface area contributed by atoms with Gasteiger partial charge in [-0.15, -0.1) is 11.3 Å². The van der Waals surface area contributed by atoms with Gasteiger partial charge < -0.3 is 10.2 Å². The number of anilines is 2. The molecule has 1 aliphatic rings. The van der Waals surface area contributed by atoms with Crippen molar-refractivity contribution in [2.45, 2.75) is 19.9 Å². The number of pyridine rings is 1. The normalized spacial score (nSPS) is 14.2. The van der Waals surface area contributed by atoms with Gasteiger partial charge in [0, 0.05) is 30.6 Å². The summed E-state index contributed by atoms with van der Waals surface area (Å²) in [5, 5.41) is 5.48. The molecule has 0 atom stereocenters. The molecular formula is C15H17N5O2S. The van der Waals surface area contributed by atoms with Gasteiger partial charge in [-0.2, -0.15) is 0 Å². The molecule has 1 aliphatic heterocycles. The van der Waals surface area contributed by atoms with E-state index in [0.717, 1.165) is 35.6 Å². The van der Waals surface area contributed by atoms with Crippen LogP contribution in [0.15, 0.2) is 18.3 Å². The zero-order valence-corrected chi connectivity index (χ0v) is 13.7. The minimum Gasteiger partial charge on any atom is -0.302 e. The number of carbonyl (C=O) groups excluding carboxylic acids is 2. The second-order valence-electron chi connectivity index (χ2n) is 5.51. The SMILES string of the molecule is Cc1ccc(NC(=O)C(=O)Nc2nc3c(s2)CN(C)CC3)nc1. The second kappa shape index (κ2) is 6.43. The first-order chi connectivity index (χ1) is 11.0. The standard InChI is InChI=1S/C15H17N5O2S/c1-9-3-4-12(16-7-9)18-13(21)14(22)19-15-17-10-5-6-20(2)8-11(10)23-15/h3-4,7H,5-6,8H2,1-2H3,(H,16,18,21)(H,17,19,22). The minimum atomic E-state index is -0.758. The van der Waals surface area contributed by atoms with Crippen LogP contribution >= 0.6 is 11.3 Å². The first kappa shape index (κ1) is 15.6. The largest absolute Gasteiger partial charge is 0.315 e. The highest BCUT2D eigenvalue weighted by atomic mass is 32.1. The molecule has 0 radical (unpaired) electrons. The van der Waals surface area contributed by atoms with E-state index >= 15 is 0 Å². The molecular weight excluding hydrogens is 314 g/mol. The van der Waals surface area contributed by atoms with Gasteiger partial charge in [-0.3, -0.25) is 14.9 Å². The van der Waals surface area contributed by atoms with Crippen LogP contribution in [0.3, 0.4) is 0 Å². The maximum Gasteiger partial charge on any atom is 0.315 e. The van der Waals surface area contributed by atoms with E-state index in [9.17, 15) is 9.59 Å². The molecule has 0 aromatic carbocycles. The van der Waals surface area contributed by atoms with Gasteiger partial charge in [0.2, 0.25) is 0 Å². The molecule has 0 aliphatic carbocycles. The average Bonchev–Trinajstić information content (AvgIpc) is 2.90. The smallest absolute Gasteiger partial charge is 0.302 e. The van der Waals surface area contributed by atoms with Gasteiger partial charge in [0.05, 0.1) is 5.69 Å². The number of nitrogens with zero attached hydrogens (tertiary/aromatic N) is 3. The molecule has 0 fully saturated rings. The Morgan fingerprint density at radius 2 is 2.04 bits per heavy atom. The molecule has 0 saturated carbocycles. The minimum absolute atomic E-state index is 0.343.